The molecule has 6 heterocycles. The highest BCUT2D eigenvalue weighted by Gasteiger charge is 2.24. The van der Waals surface area contributed by atoms with Gasteiger partial charge in [-0.2, -0.15) is 0 Å². The SMILES string of the molecule is Cc1ccc(S(=O)(=O)NC(=O)Nc2ccc(-n3c(=O)[nH]c4cc(C5=NCCN5C)ccc4c3=O)c(F)c2)s1.Cc1ccc(S(=O)(=O)NC(=O)Nc2ccc(-n3c(=O)[nH]c4cc5c(cc4c3=O)CCN5)c(F)c2)s1. The van der Waals surface area contributed by atoms with Crippen molar-refractivity contribution in [3.63, 3.8) is 0 Å². The van der Waals surface area contributed by atoms with E-state index in [1.807, 2.05) is 21.4 Å². The number of aromatic amines is 2. The molecule has 376 valence electrons. The molecule has 4 amide bonds. The zero-order chi connectivity index (χ0) is 52.1. The number of fused-ring (bicyclic) bond motifs is 3. The first-order valence-electron chi connectivity index (χ1n) is 21.7. The number of nitrogens with one attached hydrogen (secondary N) is 7. The molecule has 0 atom stereocenters. The monoisotopic (exact) mass is 1070 g/mol. The molecule has 4 aromatic carbocycles. The number of carbonyl (C=O) groups is 2. The van der Waals surface area contributed by atoms with E-state index >= 15 is 4.39 Å². The maximum Gasteiger partial charge on any atom is 0.333 e. The molecular formula is C46H39F2N11O10S4. The van der Waals surface area contributed by atoms with Gasteiger partial charge >= 0.3 is 23.4 Å². The molecule has 7 N–H and O–H groups in total. The second-order valence-electron chi connectivity index (χ2n) is 16.4. The van der Waals surface area contributed by atoms with Gasteiger partial charge in [-0.15, -0.1) is 22.7 Å². The van der Waals surface area contributed by atoms with Gasteiger partial charge in [0.15, 0.2) is 0 Å². The molecule has 8 aromatic rings. The van der Waals surface area contributed by atoms with Crippen molar-refractivity contribution in [3.8, 4) is 11.4 Å². The number of sulfonamides is 2. The fourth-order valence-corrected chi connectivity index (χ4v) is 12.3. The Balaban J connectivity index is 0.000000180. The van der Waals surface area contributed by atoms with Gasteiger partial charge in [-0.1, -0.05) is 6.07 Å². The lowest BCUT2D eigenvalue weighted by atomic mass is 10.1. The van der Waals surface area contributed by atoms with Crippen LogP contribution in [0.5, 0.6) is 0 Å². The van der Waals surface area contributed by atoms with Gasteiger partial charge in [0.25, 0.3) is 31.2 Å². The van der Waals surface area contributed by atoms with E-state index in [-0.39, 0.29) is 47.5 Å². The van der Waals surface area contributed by atoms with Crippen LogP contribution in [0.1, 0.15) is 20.9 Å². The van der Waals surface area contributed by atoms with Gasteiger partial charge in [-0.3, -0.25) is 14.6 Å². The van der Waals surface area contributed by atoms with Crippen LogP contribution in [-0.4, -0.2) is 85.4 Å². The minimum Gasteiger partial charge on any atom is -0.384 e. The van der Waals surface area contributed by atoms with E-state index in [0.717, 1.165) is 98.9 Å². The summed E-state index contributed by atoms with van der Waals surface area (Å²) in [4.78, 5) is 89.2. The first-order chi connectivity index (χ1) is 34.6. The molecule has 0 fully saturated rings. The Labute approximate surface area is 419 Å². The Morgan fingerprint density at radius 1 is 0.658 bits per heavy atom. The standard InChI is InChI=1S/C24H21FN6O5S2.C22H18FN5O5S2/c1-13-3-8-20(37-13)38(35,36)29-23(33)27-15-5-7-19(17(25)12-15)31-22(32)16-6-4-14(11-18(16)28-24(31)34)21-26-9-10-30(21)2;1-11-2-5-19(34-11)35(32,33)27-21(30)25-13-3-4-18(15(23)9-13)28-20(29)14-8-12-6-7-24-16(12)10-17(14)26-22(28)31/h3-8,11-12H,9-10H2,1-2H3,(H,28,34)(H2,27,29,33);2-5,8-10,24H,6-7H2,1H3,(H,26,31)(H2,25,27,30). The lowest BCUT2D eigenvalue weighted by molar-refractivity contribution is 0.255. The average Bonchev–Trinajstić information content (AvgIpc) is 4.16. The van der Waals surface area contributed by atoms with Gasteiger partial charge in [0.05, 0.1) is 39.7 Å². The second kappa shape index (κ2) is 19.4. The highest BCUT2D eigenvalue weighted by molar-refractivity contribution is 7.92. The number of benzene rings is 4. The highest BCUT2D eigenvalue weighted by atomic mass is 32.3. The van der Waals surface area contributed by atoms with Crippen LogP contribution in [0.4, 0.5) is 35.4 Å². The molecular weight excluding hydrogens is 1030 g/mol. The van der Waals surface area contributed by atoms with E-state index in [1.165, 1.54) is 24.3 Å². The molecule has 2 aliphatic heterocycles. The lowest BCUT2D eigenvalue weighted by Crippen LogP contribution is -2.35. The van der Waals surface area contributed by atoms with Crippen LogP contribution in [0.3, 0.4) is 0 Å². The van der Waals surface area contributed by atoms with Gasteiger partial charge in [0, 0.05) is 52.5 Å². The molecule has 27 heteroatoms. The molecule has 0 spiro atoms. The summed E-state index contributed by atoms with van der Waals surface area (Å²) in [6.45, 7) is 5.58. The number of nitrogens with zero attached hydrogens (tertiary/aromatic N) is 4. The third kappa shape index (κ3) is 10.1. The van der Waals surface area contributed by atoms with E-state index in [9.17, 15) is 50.0 Å². The number of amidine groups is 1. The number of hydrogen-bond donors (Lipinski definition) is 7. The third-order valence-electron chi connectivity index (χ3n) is 11.4. The van der Waals surface area contributed by atoms with Crippen molar-refractivity contribution in [1.29, 1.82) is 0 Å². The molecule has 0 saturated carbocycles. The van der Waals surface area contributed by atoms with E-state index in [1.54, 1.807) is 56.3 Å². The van der Waals surface area contributed by atoms with Gasteiger partial charge in [0.2, 0.25) is 0 Å². The average molecular weight is 1070 g/mol. The molecule has 0 bridgehead atoms. The number of anilines is 3. The molecule has 73 heavy (non-hydrogen) atoms. The van der Waals surface area contributed by atoms with Crippen LogP contribution in [0.25, 0.3) is 33.2 Å². The molecule has 0 aliphatic carbocycles. The number of hydrogen-bond acceptors (Lipinski definition) is 15. The van der Waals surface area contributed by atoms with E-state index in [4.69, 9.17) is 0 Å². The third-order valence-corrected chi connectivity index (χ3v) is 17.0. The van der Waals surface area contributed by atoms with Crippen molar-refractivity contribution in [2.45, 2.75) is 28.7 Å². The second-order valence-corrected chi connectivity index (χ2v) is 22.8. The van der Waals surface area contributed by atoms with Crippen LogP contribution in [0.15, 0.2) is 124 Å². The topological polar surface area (TPSA) is 288 Å². The quantitative estimate of drug-likeness (QED) is 0.0999. The molecule has 0 saturated heterocycles. The number of aromatic nitrogens is 4. The molecule has 0 radical (unpaired) electrons. The van der Waals surface area contributed by atoms with Crippen molar-refractivity contribution >= 4 is 99.5 Å². The van der Waals surface area contributed by atoms with Crippen molar-refractivity contribution in [2.24, 2.45) is 4.99 Å². The molecule has 0 unspecified atom stereocenters. The number of carbonyl (C=O) groups excluding carboxylic acids is 2. The van der Waals surface area contributed by atoms with E-state index in [2.05, 4.69) is 30.9 Å². The Morgan fingerprint density at radius 3 is 1.66 bits per heavy atom. The number of thiophene rings is 2. The first-order valence-corrected chi connectivity index (χ1v) is 26.3. The summed E-state index contributed by atoms with van der Waals surface area (Å²) < 4.78 is 84.2. The summed E-state index contributed by atoms with van der Waals surface area (Å²) in [6, 6.07) is 18.6. The number of urea groups is 2. The largest absolute Gasteiger partial charge is 0.384 e. The fourth-order valence-electron chi connectivity index (χ4n) is 7.95. The number of amides is 4. The van der Waals surface area contributed by atoms with Gasteiger partial charge in [-0.05, 0) is 111 Å². The minimum absolute atomic E-state index is 0.0389. The van der Waals surface area contributed by atoms with Crippen molar-refractivity contribution in [3.05, 3.63) is 165 Å². The van der Waals surface area contributed by atoms with Crippen molar-refractivity contribution < 1.29 is 35.2 Å². The normalized spacial score (nSPS) is 13.2. The van der Waals surface area contributed by atoms with Crippen LogP contribution < -0.4 is 47.9 Å². The fraction of sp³-hybridized carbons (Fsp3) is 0.152. The molecule has 4 aromatic heterocycles. The summed E-state index contributed by atoms with van der Waals surface area (Å²) >= 11 is 1.99. The van der Waals surface area contributed by atoms with Crippen LogP contribution in [0.2, 0.25) is 0 Å². The van der Waals surface area contributed by atoms with E-state index < -0.39 is 66.2 Å². The molecule has 21 nitrogen and oxygen atoms in total. The number of H-pyrrole nitrogens is 2. The number of halogens is 2. The highest BCUT2D eigenvalue weighted by Crippen LogP contribution is 2.27. The number of likely N-dealkylation sites (N-methyl/N-ethyl adjacent to an activating group) is 1. The number of aliphatic imine (C=N–C) groups is 1. The maximum absolute atomic E-state index is 15.0. The Hall–Kier alpha value is -8.27. The number of aryl methyl sites for hydroxylation is 2. The predicted molar refractivity (Wildman–Crippen MR) is 273 cm³/mol. The van der Waals surface area contributed by atoms with Crippen molar-refractivity contribution in [2.75, 3.05) is 42.6 Å². The minimum atomic E-state index is -4.10. The zero-order valence-electron chi connectivity index (χ0n) is 38.2. The van der Waals surface area contributed by atoms with Crippen LogP contribution in [-0.2, 0) is 26.5 Å². The Kier molecular flexibility index (Phi) is 13.2. The predicted octanol–water partition coefficient (Wildman–Crippen LogP) is 5.06. The Bertz CT molecular complexity index is 4130. The van der Waals surface area contributed by atoms with Gasteiger partial charge in [0.1, 0.15) is 25.9 Å². The van der Waals surface area contributed by atoms with E-state index in [0.29, 0.717) is 21.2 Å². The molecule has 2 aliphatic rings. The van der Waals surface area contributed by atoms with Crippen molar-refractivity contribution in [1.82, 2.24) is 33.4 Å². The zero-order valence-corrected chi connectivity index (χ0v) is 41.5. The number of rotatable bonds is 9. The summed E-state index contributed by atoms with van der Waals surface area (Å²) in [5.41, 5.74) is -0.788. The molecule has 10 rings (SSSR count). The summed E-state index contributed by atoms with van der Waals surface area (Å²) in [5.74, 6) is -1.20. The maximum atomic E-state index is 15.0. The summed E-state index contributed by atoms with van der Waals surface area (Å²) in [6.07, 6.45) is 0.725. The Morgan fingerprint density at radius 2 is 1.18 bits per heavy atom. The van der Waals surface area contributed by atoms with Gasteiger partial charge < -0.3 is 30.8 Å². The smallest absolute Gasteiger partial charge is 0.333 e. The van der Waals surface area contributed by atoms with Gasteiger partial charge in [-0.25, -0.2) is 63.4 Å². The lowest BCUT2D eigenvalue weighted by Gasteiger charge is -2.14. The first kappa shape index (κ1) is 49.7. The summed E-state index contributed by atoms with van der Waals surface area (Å²) in [5, 5.41) is 8.05. The van der Waals surface area contributed by atoms with Crippen LogP contribution >= 0.6 is 22.7 Å². The van der Waals surface area contributed by atoms with Crippen LogP contribution in [0, 0.1) is 25.5 Å². The summed E-state index contributed by atoms with van der Waals surface area (Å²) in [7, 11) is -6.30.